The van der Waals surface area contributed by atoms with Crippen LogP contribution in [-0.2, 0) is 0 Å². The van der Waals surface area contributed by atoms with Gasteiger partial charge in [-0.2, -0.15) is 0 Å². The van der Waals surface area contributed by atoms with Crippen LogP contribution in [-0.4, -0.2) is 32.5 Å². The van der Waals surface area contributed by atoms with E-state index in [1.54, 1.807) is 0 Å². The maximum Gasteiger partial charge on any atom is 0.263 e. The van der Waals surface area contributed by atoms with Gasteiger partial charge in [-0.15, -0.1) is 11.3 Å². The highest BCUT2D eigenvalue weighted by atomic mass is 32.1. The lowest BCUT2D eigenvalue weighted by Crippen LogP contribution is -2.21. The first-order valence-corrected chi connectivity index (χ1v) is 5.90. The molecular weight excluding hydrogens is 240 g/mol. The van der Waals surface area contributed by atoms with E-state index in [1.165, 1.54) is 18.4 Å². The third-order valence-corrected chi connectivity index (χ3v) is 3.75. The minimum atomic E-state index is -0.621. The monoisotopic (exact) mass is 256 g/mol. The van der Waals surface area contributed by atoms with Crippen LogP contribution >= 0.6 is 11.3 Å². The van der Waals surface area contributed by atoms with Crippen molar-refractivity contribution in [1.29, 1.82) is 0 Å². The first-order valence-electron chi connectivity index (χ1n) is 5.09. The number of carbonyl (C=O) groups excluding carboxylic acids is 2. The van der Waals surface area contributed by atoms with Gasteiger partial charge in [-0.1, -0.05) is 0 Å². The molecular formula is C10H16N4O2S. The van der Waals surface area contributed by atoms with E-state index in [4.69, 9.17) is 11.5 Å². The molecule has 1 rings (SSSR count). The highest BCUT2D eigenvalue weighted by Gasteiger charge is 2.25. The zero-order valence-electron chi connectivity index (χ0n) is 10.0. The molecule has 1 aromatic rings. The molecule has 0 aliphatic rings. The number of amides is 2. The summed E-state index contributed by atoms with van der Waals surface area (Å²) in [7, 11) is 3.32. The summed E-state index contributed by atoms with van der Waals surface area (Å²) in [6.07, 6.45) is 0. The average Bonchev–Trinajstić information content (AvgIpc) is 2.65. The van der Waals surface area contributed by atoms with Gasteiger partial charge < -0.3 is 21.7 Å². The van der Waals surface area contributed by atoms with Crippen molar-refractivity contribution in [3.63, 3.8) is 0 Å². The van der Waals surface area contributed by atoms with Crippen molar-refractivity contribution in [1.82, 2.24) is 5.32 Å². The Balaban J connectivity index is 3.40. The Labute approximate surface area is 104 Å². The van der Waals surface area contributed by atoms with Gasteiger partial charge in [0.15, 0.2) is 0 Å². The molecule has 1 aromatic heterocycles. The number of thiophene rings is 1. The zero-order chi connectivity index (χ0) is 13.2. The average molecular weight is 256 g/mol. The lowest BCUT2D eigenvalue weighted by Gasteiger charge is -2.15. The molecule has 6 nitrogen and oxygen atoms in total. The second-order valence-electron chi connectivity index (χ2n) is 3.48. The van der Waals surface area contributed by atoms with Crippen LogP contribution in [0.2, 0.25) is 0 Å². The number of nitrogen functional groups attached to an aromatic ring is 1. The topological polar surface area (TPSA) is 101 Å². The molecule has 0 aromatic carbocycles. The highest BCUT2D eigenvalue weighted by molar-refractivity contribution is 7.19. The Kier molecular flexibility index (Phi) is 3.95. The zero-order valence-corrected chi connectivity index (χ0v) is 10.9. The van der Waals surface area contributed by atoms with Gasteiger partial charge >= 0.3 is 0 Å². The van der Waals surface area contributed by atoms with E-state index in [-0.39, 0.29) is 17.2 Å². The smallest absolute Gasteiger partial charge is 0.263 e. The van der Waals surface area contributed by atoms with Crippen molar-refractivity contribution >= 4 is 33.8 Å². The molecule has 0 saturated heterocycles. The Morgan fingerprint density at radius 1 is 1.47 bits per heavy atom. The minimum absolute atomic E-state index is 0.150. The minimum Gasteiger partial charge on any atom is -0.397 e. The Bertz CT molecular complexity index is 455. The molecule has 0 radical (unpaired) electrons. The number of hydrogen-bond acceptors (Lipinski definition) is 5. The fourth-order valence-corrected chi connectivity index (χ4v) is 2.56. The molecule has 0 unspecified atom stereocenters. The normalized spacial score (nSPS) is 10.1. The predicted molar refractivity (Wildman–Crippen MR) is 69.6 cm³/mol. The van der Waals surface area contributed by atoms with Crippen LogP contribution in [0.3, 0.4) is 0 Å². The highest BCUT2D eigenvalue weighted by Crippen LogP contribution is 2.37. The number of carbonyl (C=O) groups is 2. The number of nitrogens with zero attached hydrogens (tertiary/aromatic N) is 1. The van der Waals surface area contributed by atoms with Gasteiger partial charge in [-0.05, 0) is 6.92 Å². The van der Waals surface area contributed by atoms with E-state index in [1.807, 2.05) is 18.9 Å². The molecule has 0 bridgehead atoms. The summed E-state index contributed by atoms with van der Waals surface area (Å²) < 4.78 is 0. The number of hydrogen-bond donors (Lipinski definition) is 3. The molecule has 0 aliphatic carbocycles. The second kappa shape index (κ2) is 5.05. The van der Waals surface area contributed by atoms with Gasteiger partial charge in [0.1, 0.15) is 9.88 Å². The van der Waals surface area contributed by atoms with Gasteiger partial charge in [0.05, 0.1) is 11.3 Å². The van der Waals surface area contributed by atoms with Crippen LogP contribution in [0.4, 0.5) is 10.7 Å². The molecule has 5 N–H and O–H groups in total. The molecule has 0 atom stereocenters. The summed E-state index contributed by atoms with van der Waals surface area (Å²) in [6.45, 7) is 2.62. The molecule has 0 saturated carbocycles. The Morgan fingerprint density at radius 3 is 2.47 bits per heavy atom. The van der Waals surface area contributed by atoms with Crippen molar-refractivity contribution < 1.29 is 9.59 Å². The Morgan fingerprint density at radius 2 is 2.06 bits per heavy atom. The van der Waals surface area contributed by atoms with Gasteiger partial charge in [0.2, 0.25) is 0 Å². The lowest BCUT2D eigenvalue weighted by atomic mass is 10.2. The van der Waals surface area contributed by atoms with Crippen LogP contribution < -0.4 is 21.7 Å². The van der Waals surface area contributed by atoms with E-state index < -0.39 is 5.91 Å². The third-order valence-electron chi connectivity index (χ3n) is 2.43. The first-order chi connectivity index (χ1) is 7.93. The summed E-state index contributed by atoms with van der Waals surface area (Å²) in [5.74, 6) is -0.935. The molecule has 0 fully saturated rings. The van der Waals surface area contributed by atoms with Gasteiger partial charge in [-0.25, -0.2) is 0 Å². The fraction of sp³-hybridized carbons (Fsp3) is 0.400. The van der Waals surface area contributed by atoms with Crippen LogP contribution in [0, 0.1) is 0 Å². The lowest BCUT2D eigenvalue weighted by molar-refractivity contribution is 0.0967. The first kappa shape index (κ1) is 13.3. The summed E-state index contributed by atoms with van der Waals surface area (Å²) in [6, 6.07) is 0. The summed E-state index contributed by atoms with van der Waals surface area (Å²) in [5, 5.41) is 3.10. The standard InChI is InChI=1S/C10H16N4O2S/c1-4-14(3)10-5(8(12)15)6(11)7(17-10)9(16)13-2/h4,11H2,1-3H3,(H2,12,15)(H,13,16). The molecule has 7 heteroatoms. The van der Waals surface area contributed by atoms with Crippen LogP contribution in [0.1, 0.15) is 27.0 Å². The molecule has 1 heterocycles. The largest absolute Gasteiger partial charge is 0.397 e. The maximum absolute atomic E-state index is 11.6. The van der Waals surface area contributed by atoms with E-state index >= 15 is 0 Å². The van der Waals surface area contributed by atoms with Gasteiger partial charge in [0.25, 0.3) is 11.8 Å². The van der Waals surface area contributed by atoms with Crippen molar-refractivity contribution in [2.75, 3.05) is 31.3 Å². The van der Waals surface area contributed by atoms with Crippen molar-refractivity contribution in [2.45, 2.75) is 6.92 Å². The predicted octanol–water partition coefficient (Wildman–Crippen LogP) is 0.245. The van der Waals surface area contributed by atoms with Gasteiger partial charge in [0, 0.05) is 20.6 Å². The number of rotatable bonds is 4. The maximum atomic E-state index is 11.6. The number of nitrogens with two attached hydrogens (primary N) is 2. The fourth-order valence-electron chi connectivity index (χ4n) is 1.36. The molecule has 0 aliphatic heterocycles. The van der Waals surface area contributed by atoms with Gasteiger partial charge in [-0.3, -0.25) is 9.59 Å². The molecule has 94 valence electrons. The van der Waals surface area contributed by atoms with Crippen molar-refractivity contribution in [3.05, 3.63) is 10.4 Å². The molecule has 17 heavy (non-hydrogen) atoms. The quantitative estimate of drug-likeness (QED) is 0.718. The second-order valence-corrected chi connectivity index (χ2v) is 4.48. The van der Waals surface area contributed by atoms with Crippen LogP contribution in [0.5, 0.6) is 0 Å². The van der Waals surface area contributed by atoms with Crippen LogP contribution in [0.25, 0.3) is 0 Å². The molecule has 2 amide bonds. The molecule has 0 spiro atoms. The summed E-state index contributed by atoms with van der Waals surface area (Å²) in [4.78, 5) is 25.1. The van der Waals surface area contributed by atoms with E-state index in [2.05, 4.69) is 5.32 Å². The van der Waals surface area contributed by atoms with E-state index in [0.717, 1.165) is 0 Å². The number of primary amides is 1. The number of nitrogens with one attached hydrogen (secondary N) is 1. The van der Waals surface area contributed by atoms with Crippen molar-refractivity contribution in [2.24, 2.45) is 5.73 Å². The SMILES string of the molecule is CCN(C)c1sc(C(=O)NC)c(N)c1C(N)=O. The summed E-state index contributed by atoms with van der Waals surface area (Å²) in [5.41, 5.74) is 11.5. The van der Waals surface area contributed by atoms with E-state index in [9.17, 15) is 9.59 Å². The number of anilines is 2. The van der Waals surface area contributed by atoms with E-state index in [0.29, 0.717) is 16.4 Å². The van der Waals surface area contributed by atoms with Crippen LogP contribution in [0.15, 0.2) is 0 Å². The summed E-state index contributed by atoms with van der Waals surface area (Å²) >= 11 is 1.17. The Hall–Kier alpha value is -1.76. The van der Waals surface area contributed by atoms with Crippen molar-refractivity contribution in [3.8, 4) is 0 Å². The third kappa shape index (κ3) is 2.33.